The Hall–Kier alpha value is -3.06. The smallest absolute Gasteiger partial charge is 0.352 e. The second-order valence-electron chi connectivity index (χ2n) is 4.53. The number of methoxy groups -OCH3 is 1. The fourth-order valence-electron chi connectivity index (χ4n) is 2.29. The number of carbonyl (C=O) groups is 2. The molecule has 0 saturated carbocycles. The van der Waals surface area contributed by atoms with Crippen LogP contribution in [0.2, 0.25) is 0 Å². The summed E-state index contributed by atoms with van der Waals surface area (Å²) >= 11 is 0. The summed E-state index contributed by atoms with van der Waals surface area (Å²) in [4.78, 5) is 24.0. The molecular weight excluding hydrogens is 280 g/mol. The zero-order chi connectivity index (χ0) is 16.1. The summed E-state index contributed by atoms with van der Waals surface area (Å²) in [5.41, 5.74) is 2.64. The van der Waals surface area contributed by atoms with Crippen molar-refractivity contribution in [2.45, 2.75) is 6.92 Å². The Labute approximate surface area is 128 Å². The second-order valence-corrected chi connectivity index (χ2v) is 4.53. The van der Waals surface area contributed by atoms with Gasteiger partial charge in [-0.15, -0.1) is 0 Å². The monoisotopic (exact) mass is 294 g/mol. The Morgan fingerprint density at radius 2 is 1.73 bits per heavy atom. The average molecular weight is 294 g/mol. The summed E-state index contributed by atoms with van der Waals surface area (Å²) in [7, 11) is 1.26. The average Bonchev–Trinajstić information content (AvgIpc) is 2.54. The highest BCUT2D eigenvalue weighted by atomic mass is 16.5. The van der Waals surface area contributed by atoms with Crippen molar-refractivity contribution in [2.75, 3.05) is 7.11 Å². The molecule has 0 bridgehead atoms. The Balaban J connectivity index is 2.66. The molecule has 0 unspecified atom stereocenters. The maximum atomic E-state index is 12.1. The molecule has 4 nitrogen and oxygen atoms in total. The molecule has 0 aliphatic heterocycles. The first-order chi connectivity index (χ1) is 10.6. The molecule has 0 spiro atoms. The zero-order valence-corrected chi connectivity index (χ0v) is 12.3. The number of esters is 2. The highest BCUT2D eigenvalue weighted by Crippen LogP contribution is 2.28. The molecule has 0 aromatic heterocycles. The van der Waals surface area contributed by atoms with Crippen LogP contribution in [0.5, 0.6) is 0 Å². The standard InChI is InChI=1S/C18H14O4/c1-4-22-17(19)15-11-10-14(13-8-6-5-7-9-13)12(2)16(15)18(20)21-3/h1,5-11H,2-3H3. The molecule has 0 N–H and O–H groups in total. The molecule has 110 valence electrons. The number of ether oxygens (including phenoxy) is 2. The number of rotatable bonds is 3. The van der Waals surface area contributed by atoms with Gasteiger partial charge in [-0.25, -0.2) is 9.59 Å². The van der Waals surface area contributed by atoms with Crippen molar-refractivity contribution in [3.63, 3.8) is 0 Å². The van der Waals surface area contributed by atoms with E-state index in [4.69, 9.17) is 11.2 Å². The lowest BCUT2D eigenvalue weighted by Crippen LogP contribution is -2.14. The number of hydrogen-bond donors (Lipinski definition) is 0. The van der Waals surface area contributed by atoms with Gasteiger partial charge in [0, 0.05) is 0 Å². The summed E-state index contributed by atoms with van der Waals surface area (Å²) in [6, 6.07) is 12.8. The van der Waals surface area contributed by atoms with Crippen molar-refractivity contribution in [1.29, 1.82) is 0 Å². The molecule has 0 fully saturated rings. The van der Waals surface area contributed by atoms with E-state index >= 15 is 0 Å². The first kappa shape index (κ1) is 15.3. The quantitative estimate of drug-likeness (QED) is 0.644. The van der Waals surface area contributed by atoms with Crippen molar-refractivity contribution in [1.82, 2.24) is 0 Å². The second kappa shape index (κ2) is 6.59. The summed E-state index contributed by atoms with van der Waals surface area (Å²) in [6.45, 7) is 1.75. The molecule has 0 atom stereocenters. The minimum atomic E-state index is -0.759. The van der Waals surface area contributed by atoms with Crippen molar-refractivity contribution in [2.24, 2.45) is 0 Å². The Morgan fingerprint density at radius 1 is 1.05 bits per heavy atom. The van der Waals surface area contributed by atoms with E-state index in [1.807, 2.05) is 36.4 Å². The van der Waals surface area contributed by atoms with Gasteiger partial charge in [-0.1, -0.05) is 42.8 Å². The predicted molar refractivity (Wildman–Crippen MR) is 82.2 cm³/mol. The lowest BCUT2D eigenvalue weighted by Gasteiger charge is -2.13. The van der Waals surface area contributed by atoms with Crippen LogP contribution in [0.15, 0.2) is 42.5 Å². The molecule has 22 heavy (non-hydrogen) atoms. The maximum absolute atomic E-state index is 12.1. The van der Waals surface area contributed by atoms with Crippen LogP contribution in [0.4, 0.5) is 0 Å². The number of hydrogen-bond acceptors (Lipinski definition) is 4. The third-order valence-electron chi connectivity index (χ3n) is 3.31. The highest BCUT2D eigenvalue weighted by Gasteiger charge is 2.23. The molecular formula is C18H14O4. The van der Waals surface area contributed by atoms with Crippen LogP contribution >= 0.6 is 0 Å². The van der Waals surface area contributed by atoms with Crippen molar-refractivity contribution in [3.05, 3.63) is 59.2 Å². The fraction of sp³-hybridized carbons (Fsp3) is 0.111. The highest BCUT2D eigenvalue weighted by molar-refractivity contribution is 6.05. The molecule has 0 heterocycles. The third kappa shape index (κ3) is 2.84. The van der Waals surface area contributed by atoms with E-state index in [9.17, 15) is 9.59 Å². The lowest BCUT2D eigenvalue weighted by molar-refractivity contribution is 0.0581. The van der Waals surface area contributed by atoms with E-state index in [-0.39, 0.29) is 11.1 Å². The molecule has 2 rings (SSSR count). The lowest BCUT2D eigenvalue weighted by atomic mass is 9.93. The van der Waals surface area contributed by atoms with Crippen LogP contribution in [0.25, 0.3) is 11.1 Å². The Bertz CT molecular complexity index is 755. The van der Waals surface area contributed by atoms with E-state index in [0.717, 1.165) is 11.1 Å². The van der Waals surface area contributed by atoms with Gasteiger partial charge in [0.05, 0.1) is 18.2 Å². The maximum Gasteiger partial charge on any atom is 0.352 e. The molecule has 0 radical (unpaired) electrons. The molecule has 2 aromatic carbocycles. The van der Waals surface area contributed by atoms with E-state index in [0.29, 0.717) is 5.56 Å². The van der Waals surface area contributed by atoms with Gasteiger partial charge in [-0.05, 0) is 29.7 Å². The summed E-state index contributed by atoms with van der Waals surface area (Å²) in [5, 5.41) is 0. The SMILES string of the molecule is C#COC(=O)c1ccc(-c2ccccc2)c(C)c1C(=O)OC. The Kier molecular flexibility index (Phi) is 4.60. The molecule has 4 heteroatoms. The first-order valence-electron chi connectivity index (χ1n) is 6.54. The van der Waals surface area contributed by atoms with E-state index in [2.05, 4.69) is 4.74 Å². The first-order valence-corrected chi connectivity index (χ1v) is 6.54. The summed E-state index contributed by atoms with van der Waals surface area (Å²) < 4.78 is 9.32. The largest absolute Gasteiger partial charge is 0.465 e. The van der Waals surface area contributed by atoms with Crippen LogP contribution in [0, 0.1) is 19.5 Å². The van der Waals surface area contributed by atoms with Gasteiger partial charge < -0.3 is 9.47 Å². The van der Waals surface area contributed by atoms with Crippen molar-refractivity contribution >= 4 is 11.9 Å². The number of terminal acetylenes is 1. The summed E-state index contributed by atoms with van der Waals surface area (Å²) in [6.07, 6.45) is 6.79. The zero-order valence-electron chi connectivity index (χ0n) is 12.3. The van der Waals surface area contributed by atoms with Crippen LogP contribution in [-0.4, -0.2) is 19.0 Å². The predicted octanol–water partition coefficient (Wildman–Crippen LogP) is 3.20. The van der Waals surface area contributed by atoms with E-state index < -0.39 is 11.9 Å². The third-order valence-corrected chi connectivity index (χ3v) is 3.31. The van der Waals surface area contributed by atoms with Crippen LogP contribution in [0.3, 0.4) is 0 Å². The van der Waals surface area contributed by atoms with E-state index in [1.54, 1.807) is 13.0 Å². The van der Waals surface area contributed by atoms with Crippen LogP contribution < -0.4 is 0 Å². The molecule has 2 aromatic rings. The van der Waals surface area contributed by atoms with Gasteiger partial charge in [-0.3, -0.25) is 0 Å². The van der Waals surface area contributed by atoms with Crippen LogP contribution in [-0.2, 0) is 9.47 Å². The molecule has 0 amide bonds. The molecule has 0 saturated heterocycles. The van der Waals surface area contributed by atoms with Crippen LogP contribution in [0.1, 0.15) is 26.3 Å². The van der Waals surface area contributed by atoms with E-state index in [1.165, 1.54) is 13.2 Å². The minimum absolute atomic E-state index is 0.0852. The van der Waals surface area contributed by atoms with Crippen molar-refractivity contribution in [3.8, 4) is 23.7 Å². The Morgan fingerprint density at radius 3 is 2.32 bits per heavy atom. The topological polar surface area (TPSA) is 52.6 Å². The normalized spacial score (nSPS) is 9.68. The van der Waals surface area contributed by atoms with Gasteiger partial charge in [0.1, 0.15) is 6.11 Å². The molecule has 0 aliphatic carbocycles. The van der Waals surface area contributed by atoms with Gasteiger partial charge in [0.2, 0.25) is 0 Å². The van der Waals surface area contributed by atoms with Crippen molar-refractivity contribution < 1.29 is 19.1 Å². The van der Waals surface area contributed by atoms with Gasteiger partial charge >= 0.3 is 11.9 Å². The van der Waals surface area contributed by atoms with Gasteiger partial charge in [0.25, 0.3) is 0 Å². The number of benzene rings is 2. The number of carbonyl (C=O) groups excluding carboxylic acids is 2. The fourth-order valence-corrected chi connectivity index (χ4v) is 2.29. The minimum Gasteiger partial charge on any atom is -0.465 e. The van der Waals surface area contributed by atoms with Gasteiger partial charge in [0.15, 0.2) is 0 Å². The summed E-state index contributed by atoms with van der Waals surface area (Å²) in [5.74, 6) is -1.37. The van der Waals surface area contributed by atoms with Gasteiger partial charge in [-0.2, -0.15) is 0 Å². The molecule has 0 aliphatic rings.